The molecule has 0 saturated carbocycles. The van der Waals surface area contributed by atoms with Gasteiger partial charge in [-0.3, -0.25) is 0 Å². The van der Waals surface area contributed by atoms with E-state index < -0.39 is 0 Å². The van der Waals surface area contributed by atoms with Crippen molar-refractivity contribution in [2.75, 3.05) is 0 Å². The first-order valence-electron chi connectivity index (χ1n) is 10.0. The molecule has 0 aromatic carbocycles. The van der Waals surface area contributed by atoms with Gasteiger partial charge in [-0.1, -0.05) is 72.0 Å². The smallest absolute Gasteiger partial charge is 0.0385 e. The fourth-order valence-electron chi connectivity index (χ4n) is 4.52. The van der Waals surface area contributed by atoms with E-state index in [0.29, 0.717) is 5.41 Å². The van der Waals surface area contributed by atoms with Crippen LogP contribution < -0.4 is 0 Å². The van der Waals surface area contributed by atoms with Crippen molar-refractivity contribution in [3.05, 3.63) is 23.3 Å². The highest BCUT2D eigenvalue weighted by molar-refractivity contribution is 6.02. The van der Waals surface area contributed by atoms with Crippen LogP contribution in [0.4, 0.5) is 0 Å². The first-order valence-corrected chi connectivity index (χ1v) is 10.0. The Hall–Kier alpha value is -0.850. The first kappa shape index (κ1) is 20.2. The van der Waals surface area contributed by atoms with Crippen LogP contribution in [0.2, 0.25) is 0 Å². The van der Waals surface area contributed by atoms with Crippen molar-refractivity contribution in [1.29, 1.82) is 5.41 Å². The van der Waals surface area contributed by atoms with Crippen molar-refractivity contribution in [1.82, 2.24) is 0 Å². The summed E-state index contributed by atoms with van der Waals surface area (Å²) in [6.45, 7) is 13.4. The van der Waals surface area contributed by atoms with E-state index in [9.17, 15) is 0 Å². The third-order valence-corrected chi connectivity index (χ3v) is 5.43. The maximum absolute atomic E-state index is 8.42. The second kappa shape index (κ2) is 10.1. The van der Waals surface area contributed by atoms with Crippen LogP contribution in [-0.2, 0) is 0 Å². The molecule has 0 saturated heterocycles. The number of hydrogen-bond acceptors (Lipinski definition) is 1. The maximum atomic E-state index is 8.42. The fourth-order valence-corrected chi connectivity index (χ4v) is 4.52. The Balaban J connectivity index is 3.03. The molecule has 1 N–H and O–H groups in total. The van der Waals surface area contributed by atoms with Crippen LogP contribution in [-0.4, -0.2) is 5.71 Å². The molecule has 0 spiro atoms. The standard InChI is InChI=1S/C22H39N/c1-6-10-11-12-13-19-17-22(14-7-2,15-8-3)16-18(5)21(19)20(23)9-4/h23H,5-17H2,1-4H3. The summed E-state index contributed by atoms with van der Waals surface area (Å²) in [6.07, 6.45) is 14.7. The molecule has 0 atom stereocenters. The van der Waals surface area contributed by atoms with Gasteiger partial charge in [-0.2, -0.15) is 0 Å². The summed E-state index contributed by atoms with van der Waals surface area (Å²) >= 11 is 0. The molecular formula is C22H39N. The number of rotatable bonds is 11. The summed E-state index contributed by atoms with van der Waals surface area (Å²) in [5.74, 6) is 0. The molecule has 1 aliphatic rings. The van der Waals surface area contributed by atoms with Crippen LogP contribution in [0.3, 0.4) is 0 Å². The zero-order chi connectivity index (χ0) is 17.3. The molecular weight excluding hydrogens is 278 g/mol. The highest BCUT2D eigenvalue weighted by atomic mass is 14.5. The molecule has 132 valence electrons. The minimum absolute atomic E-state index is 0.429. The van der Waals surface area contributed by atoms with Gasteiger partial charge < -0.3 is 5.41 Å². The molecule has 0 aromatic heterocycles. The number of allylic oxidation sites excluding steroid dienone is 3. The topological polar surface area (TPSA) is 23.9 Å². The second-order valence-electron chi connectivity index (χ2n) is 7.58. The molecule has 0 amide bonds. The normalized spacial score (nSPS) is 17.7. The molecule has 0 heterocycles. The Morgan fingerprint density at radius 1 is 0.957 bits per heavy atom. The zero-order valence-electron chi connectivity index (χ0n) is 16.2. The van der Waals surface area contributed by atoms with Crippen LogP contribution in [0.1, 0.15) is 105 Å². The SMILES string of the molecule is C=C1CC(CCC)(CCC)CC(CCCCCC)=C1C(=N)CC. The minimum atomic E-state index is 0.429. The van der Waals surface area contributed by atoms with Crippen LogP contribution in [0.5, 0.6) is 0 Å². The van der Waals surface area contributed by atoms with E-state index in [4.69, 9.17) is 5.41 Å². The van der Waals surface area contributed by atoms with Crippen LogP contribution >= 0.6 is 0 Å². The van der Waals surface area contributed by atoms with E-state index in [0.717, 1.165) is 18.6 Å². The molecule has 1 heteroatoms. The van der Waals surface area contributed by atoms with Gasteiger partial charge in [-0.25, -0.2) is 0 Å². The molecule has 23 heavy (non-hydrogen) atoms. The van der Waals surface area contributed by atoms with Crippen molar-refractivity contribution in [3.8, 4) is 0 Å². The lowest BCUT2D eigenvalue weighted by Crippen LogP contribution is -2.28. The monoisotopic (exact) mass is 317 g/mol. The van der Waals surface area contributed by atoms with E-state index in [1.54, 1.807) is 5.57 Å². The van der Waals surface area contributed by atoms with Crippen LogP contribution in [0.15, 0.2) is 23.3 Å². The predicted octanol–water partition coefficient (Wildman–Crippen LogP) is 7.62. The van der Waals surface area contributed by atoms with Crippen molar-refractivity contribution in [2.24, 2.45) is 5.41 Å². The van der Waals surface area contributed by atoms with Crippen molar-refractivity contribution in [2.45, 2.75) is 105 Å². The summed E-state index contributed by atoms with van der Waals surface area (Å²) in [7, 11) is 0. The average Bonchev–Trinajstić information content (AvgIpc) is 2.51. The van der Waals surface area contributed by atoms with Gasteiger partial charge in [0.1, 0.15) is 0 Å². The molecule has 0 aliphatic heterocycles. The van der Waals surface area contributed by atoms with Crippen molar-refractivity contribution in [3.63, 3.8) is 0 Å². The lowest BCUT2D eigenvalue weighted by Gasteiger charge is -2.41. The molecule has 0 aromatic rings. The lowest BCUT2D eigenvalue weighted by atomic mass is 9.64. The fraction of sp³-hybridized carbons (Fsp3) is 0.773. The largest absolute Gasteiger partial charge is 0.305 e. The summed E-state index contributed by atoms with van der Waals surface area (Å²) in [4.78, 5) is 0. The highest BCUT2D eigenvalue weighted by Gasteiger charge is 2.36. The number of unbranched alkanes of at least 4 members (excludes halogenated alkanes) is 3. The van der Waals surface area contributed by atoms with Crippen molar-refractivity contribution < 1.29 is 0 Å². The molecule has 0 fully saturated rings. The van der Waals surface area contributed by atoms with Gasteiger partial charge in [0.2, 0.25) is 0 Å². The van der Waals surface area contributed by atoms with Gasteiger partial charge in [0.05, 0.1) is 0 Å². The summed E-state index contributed by atoms with van der Waals surface area (Å²) in [5.41, 5.74) is 5.33. The molecule has 1 nitrogen and oxygen atoms in total. The Morgan fingerprint density at radius 2 is 1.61 bits per heavy atom. The summed E-state index contributed by atoms with van der Waals surface area (Å²) in [6, 6.07) is 0. The third-order valence-electron chi connectivity index (χ3n) is 5.43. The molecule has 0 bridgehead atoms. The van der Waals surface area contributed by atoms with E-state index in [1.165, 1.54) is 75.4 Å². The van der Waals surface area contributed by atoms with Gasteiger partial charge in [-0.05, 0) is 61.5 Å². The highest BCUT2D eigenvalue weighted by Crippen LogP contribution is 2.49. The lowest BCUT2D eigenvalue weighted by molar-refractivity contribution is 0.220. The molecule has 1 aliphatic carbocycles. The summed E-state index contributed by atoms with van der Waals surface area (Å²) in [5, 5.41) is 8.42. The van der Waals surface area contributed by atoms with E-state index >= 15 is 0 Å². The molecule has 0 radical (unpaired) electrons. The maximum Gasteiger partial charge on any atom is 0.0385 e. The third kappa shape index (κ3) is 5.62. The van der Waals surface area contributed by atoms with Gasteiger partial charge in [0.15, 0.2) is 0 Å². The minimum Gasteiger partial charge on any atom is -0.305 e. The van der Waals surface area contributed by atoms with E-state index in [-0.39, 0.29) is 0 Å². The Kier molecular flexibility index (Phi) is 8.87. The van der Waals surface area contributed by atoms with Gasteiger partial charge in [0, 0.05) is 5.71 Å². The van der Waals surface area contributed by atoms with Gasteiger partial charge in [-0.15, -0.1) is 0 Å². The first-order chi connectivity index (χ1) is 11.0. The van der Waals surface area contributed by atoms with Crippen molar-refractivity contribution >= 4 is 5.71 Å². The second-order valence-corrected chi connectivity index (χ2v) is 7.58. The number of nitrogens with one attached hydrogen (secondary N) is 1. The van der Waals surface area contributed by atoms with Gasteiger partial charge >= 0.3 is 0 Å². The Bertz CT molecular complexity index is 421. The molecule has 0 unspecified atom stereocenters. The predicted molar refractivity (Wildman–Crippen MR) is 104 cm³/mol. The van der Waals surface area contributed by atoms with E-state index in [1.807, 2.05) is 0 Å². The number of hydrogen-bond donors (Lipinski definition) is 1. The quantitative estimate of drug-likeness (QED) is 0.299. The average molecular weight is 318 g/mol. The zero-order valence-corrected chi connectivity index (χ0v) is 16.2. The molecule has 1 rings (SSSR count). The Labute approximate surface area is 145 Å². The van der Waals surface area contributed by atoms with Gasteiger partial charge in [0.25, 0.3) is 0 Å². The van der Waals surface area contributed by atoms with E-state index in [2.05, 4.69) is 34.3 Å². The summed E-state index contributed by atoms with van der Waals surface area (Å²) < 4.78 is 0. The Morgan fingerprint density at radius 3 is 2.13 bits per heavy atom. The van der Waals surface area contributed by atoms with Crippen LogP contribution in [0, 0.1) is 10.8 Å². The van der Waals surface area contributed by atoms with Crippen LogP contribution in [0.25, 0.3) is 0 Å².